The van der Waals surface area contributed by atoms with Crippen molar-refractivity contribution >= 4 is 28.2 Å². The molecule has 0 bridgehead atoms. The average molecular weight is 347 g/mol. The summed E-state index contributed by atoms with van der Waals surface area (Å²) >= 11 is 1.38. The molecule has 3 N–H and O–H groups in total. The van der Waals surface area contributed by atoms with Gasteiger partial charge in [-0.15, -0.1) is 11.3 Å². The highest BCUT2D eigenvalue weighted by Crippen LogP contribution is 2.34. The summed E-state index contributed by atoms with van der Waals surface area (Å²) in [7, 11) is 0. The van der Waals surface area contributed by atoms with Gasteiger partial charge in [0.25, 0.3) is 5.91 Å². The first-order valence-corrected chi connectivity index (χ1v) is 8.59. The number of anilines is 1. The Morgan fingerprint density at radius 1 is 1.38 bits per heavy atom. The molecule has 24 heavy (non-hydrogen) atoms. The topological polar surface area (TPSA) is 94.3 Å². The van der Waals surface area contributed by atoms with Gasteiger partial charge < -0.3 is 15.8 Å². The lowest BCUT2D eigenvalue weighted by molar-refractivity contribution is 0.0527. The molecule has 7 heteroatoms. The molecule has 0 saturated carbocycles. The maximum atomic E-state index is 12.5. The summed E-state index contributed by atoms with van der Waals surface area (Å²) in [5, 5.41) is 3.34. The van der Waals surface area contributed by atoms with Gasteiger partial charge in [0.1, 0.15) is 5.00 Å². The van der Waals surface area contributed by atoms with E-state index in [4.69, 9.17) is 10.5 Å². The standard InChI is InChI=1S/C17H21N3O3S/c1-4-13-10(3)24-16(14(13)17(22)23-5-2)20-15(21)11-6-7-19-12(8-11)9-18/h6-8H,4-5,9,18H2,1-3H3,(H,20,21). The van der Waals surface area contributed by atoms with Gasteiger partial charge in [-0.1, -0.05) is 6.92 Å². The number of ether oxygens (including phenoxy) is 1. The van der Waals surface area contributed by atoms with E-state index >= 15 is 0 Å². The van der Waals surface area contributed by atoms with Crippen LogP contribution in [0.15, 0.2) is 18.3 Å². The van der Waals surface area contributed by atoms with Crippen molar-refractivity contribution in [2.75, 3.05) is 11.9 Å². The first-order valence-electron chi connectivity index (χ1n) is 7.77. The van der Waals surface area contributed by atoms with Crippen molar-refractivity contribution in [3.8, 4) is 0 Å². The zero-order valence-corrected chi connectivity index (χ0v) is 14.8. The highest BCUT2D eigenvalue weighted by Gasteiger charge is 2.23. The number of thiophene rings is 1. The van der Waals surface area contributed by atoms with Gasteiger partial charge in [-0.25, -0.2) is 4.79 Å². The van der Waals surface area contributed by atoms with Gasteiger partial charge in [0, 0.05) is 23.2 Å². The van der Waals surface area contributed by atoms with Crippen molar-refractivity contribution in [2.24, 2.45) is 5.73 Å². The Bertz CT molecular complexity index is 756. The van der Waals surface area contributed by atoms with Crippen LogP contribution in [0.5, 0.6) is 0 Å². The number of aryl methyl sites for hydroxylation is 1. The number of carbonyl (C=O) groups is 2. The molecule has 2 aromatic heterocycles. The van der Waals surface area contributed by atoms with Crippen LogP contribution in [0.25, 0.3) is 0 Å². The van der Waals surface area contributed by atoms with Crippen molar-refractivity contribution in [3.05, 3.63) is 45.6 Å². The molecule has 0 fully saturated rings. The third kappa shape index (κ3) is 3.80. The average Bonchev–Trinajstić information content (AvgIpc) is 2.90. The first-order chi connectivity index (χ1) is 11.5. The Hall–Kier alpha value is -2.25. The predicted molar refractivity (Wildman–Crippen MR) is 94.5 cm³/mol. The molecule has 0 aliphatic carbocycles. The number of esters is 1. The molecule has 0 radical (unpaired) electrons. The van der Waals surface area contributed by atoms with Gasteiger partial charge in [0.2, 0.25) is 0 Å². The zero-order chi connectivity index (χ0) is 17.7. The third-order valence-corrected chi connectivity index (χ3v) is 4.62. The maximum Gasteiger partial charge on any atom is 0.341 e. The summed E-state index contributed by atoms with van der Waals surface area (Å²) in [5.41, 5.74) is 7.99. The van der Waals surface area contributed by atoms with Gasteiger partial charge in [-0.3, -0.25) is 9.78 Å². The molecular formula is C17H21N3O3S. The number of nitrogens with zero attached hydrogens (tertiary/aromatic N) is 1. The largest absolute Gasteiger partial charge is 0.462 e. The van der Waals surface area contributed by atoms with Gasteiger partial charge in [-0.2, -0.15) is 0 Å². The van der Waals surface area contributed by atoms with E-state index in [-0.39, 0.29) is 19.1 Å². The zero-order valence-electron chi connectivity index (χ0n) is 14.0. The molecule has 0 spiro atoms. The minimum atomic E-state index is -0.411. The molecule has 2 rings (SSSR count). The van der Waals surface area contributed by atoms with Gasteiger partial charge in [0.15, 0.2) is 0 Å². The van der Waals surface area contributed by atoms with Crippen LogP contribution in [0.1, 0.15) is 50.7 Å². The van der Waals surface area contributed by atoms with Crippen LogP contribution >= 0.6 is 11.3 Å². The van der Waals surface area contributed by atoms with E-state index < -0.39 is 5.97 Å². The van der Waals surface area contributed by atoms with Crippen molar-refractivity contribution in [1.82, 2.24) is 4.98 Å². The van der Waals surface area contributed by atoms with Crippen molar-refractivity contribution in [2.45, 2.75) is 33.7 Å². The monoisotopic (exact) mass is 347 g/mol. The molecular weight excluding hydrogens is 326 g/mol. The summed E-state index contributed by atoms with van der Waals surface area (Å²) in [6.07, 6.45) is 2.24. The van der Waals surface area contributed by atoms with E-state index in [0.717, 1.165) is 10.4 Å². The Morgan fingerprint density at radius 3 is 2.75 bits per heavy atom. The van der Waals surface area contributed by atoms with E-state index in [2.05, 4.69) is 10.3 Å². The maximum absolute atomic E-state index is 12.5. The van der Waals surface area contributed by atoms with E-state index in [1.807, 2.05) is 13.8 Å². The highest BCUT2D eigenvalue weighted by atomic mass is 32.1. The lowest BCUT2D eigenvalue weighted by Gasteiger charge is -2.08. The number of hydrogen-bond acceptors (Lipinski definition) is 6. The number of hydrogen-bond donors (Lipinski definition) is 2. The molecule has 2 aromatic rings. The van der Waals surface area contributed by atoms with E-state index in [1.54, 1.807) is 25.3 Å². The van der Waals surface area contributed by atoms with E-state index in [1.165, 1.54) is 11.3 Å². The fourth-order valence-electron chi connectivity index (χ4n) is 2.42. The van der Waals surface area contributed by atoms with Gasteiger partial charge >= 0.3 is 5.97 Å². The number of carbonyl (C=O) groups excluding carboxylic acids is 2. The molecule has 6 nitrogen and oxygen atoms in total. The number of rotatable bonds is 6. The third-order valence-electron chi connectivity index (χ3n) is 3.56. The number of pyridine rings is 1. The fourth-order valence-corrected chi connectivity index (χ4v) is 3.55. The molecule has 0 unspecified atom stereocenters. The predicted octanol–water partition coefficient (Wildman–Crippen LogP) is 2.90. The molecule has 2 heterocycles. The lowest BCUT2D eigenvalue weighted by Crippen LogP contribution is -2.16. The number of aromatic nitrogens is 1. The van der Waals surface area contributed by atoms with Crippen LogP contribution in [-0.4, -0.2) is 23.5 Å². The molecule has 0 aliphatic rings. The van der Waals surface area contributed by atoms with Crippen LogP contribution in [0.4, 0.5) is 5.00 Å². The van der Waals surface area contributed by atoms with Crippen LogP contribution < -0.4 is 11.1 Å². The van der Waals surface area contributed by atoms with Gasteiger partial charge in [-0.05, 0) is 38.0 Å². The summed E-state index contributed by atoms with van der Waals surface area (Å²) < 4.78 is 5.14. The smallest absolute Gasteiger partial charge is 0.341 e. The minimum absolute atomic E-state index is 0.257. The van der Waals surface area contributed by atoms with Crippen LogP contribution in [0.2, 0.25) is 0 Å². The van der Waals surface area contributed by atoms with E-state index in [0.29, 0.717) is 28.2 Å². The van der Waals surface area contributed by atoms with Gasteiger partial charge in [0.05, 0.1) is 17.9 Å². The second kappa shape index (κ2) is 8.03. The number of nitrogens with one attached hydrogen (secondary N) is 1. The lowest BCUT2D eigenvalue weighted by atomic mass is 10.1. The van der Waals surface area contributed by atoms with Crippen LogP contribution in [-0.2, 0) is 17.7 Å². The normalized spacial score (nSPS) is 10.5. The summed E-state index contributed by atoms with van der Waals surface area (Å²) in [4.78, 5) is 29.8. The summed E-state index contributed by atoms with van der Waals surface area (Å²) in [6.45, 7) is 6.20. The fraction of sp³-hybridized carbons (Fsp3) is 0.353. The highest BCUT2D eigenvalue weighted by molar-refractivity contribution is 7.16. The summed E-state index contributed by atoms with van der Waals surface area (Å²) in [5.74, 6) is -0.715. The molecule has 128 valence electrons. The van der Waals surface area contributed by atoms with Crippen molar-refractivity contribution in [1.29, 1.82) is 0 Å². The van der Waals surface area contributed by atoms with Crippen LogP contribution in [0.3, 0.4) is 0 Å². The second-order valence-corrected chi connectivity index (χ2v) is 6.33. The number of amides is 1. The molecule has 0 aromatic carbocycles. The Morgan fingerprint density at radius 2 is 2.12 bits per heavy atom. The quantitative estimate of drug-likeness (QED) is 0.784. The first kappa shape index (κ1) is 18.1. The second-order valence-electron chi connectivity index (χ2n) is 5.11. The van der Waals surface area contributed by atoms with Crippen LogP contribution in [0, 0.1) is 6.92 Å². The Kier molecular flexibility index (Phi) is 6.05. The Labute approximate surface area is 145 Å². The molecule has 0 atom stereocenters. The molecule has 0 saturated heterocycles. The van der Waals surface area contributed by atoms with Crippen molar-refractivity contribution < 1.29 is 14.3 Å². The molecule has 0 aliphatic heterocycles. The summed E-state index contributed by atoms with van der Waals surface area (Å²) in [6, 6.07) is 3.25. The minimum Gasteiger partial charge on any atom is -0.462 e. The molecule has 1 amide bonds. The Balaban J connectivity index is 2.34. The van der Waals surface area contributed by atoms with Crippen molar-refractivity contribution in [3.63, 3.8) is 0 Å². The number of nitrogens with two attached hydrogens (primary N) is 1. The SMILES string of the molecule is CCOC(=O)c1c(NC(=O)c2ccnc(CN)c2)sc(C)c1CC. The van der Waals surface area contributed by atoms with E-state index in [9.17, 15) is 9.59 Å².